The summed E-state index contributed by atoms with van der Waals surface area (Å²) >= 11 is 0. The van der Waals surface area contributed by atoms with Crippen LogP contribution in [0.3, 0.4) is 0 Å². The van der Waals surface area contributed by atoms with E-state index in [1.165, 1.54) is 33.6 Å². The number of hydrogen-bond donors (Lipinski definition) is 0. The van der Waals surface area contributed by atoms with Gasteiger partial charge >= 0.3 is 21.1 Å². The number of nitrogens with zero attached hydrogens (tertiary/aromatic N) is 5. The Hall–Kier alpha value is -7.20. The molecular formula is C64H57N5Pt. The third-order valence-electron chi connectivity index (χ3n) is 13.7. The SMILES string of the molecule is CC(C)c1cccc(C(C)C)c1-c1ccnc(-n2c3[c-]c(N(c4[c-]c(N5CN(C(C)(C)C)c6ccccc65)ccc4)c4c(-c5ccccc5)cccc4-c4ccccc4)ccc3c3ccccc32)c1.[Pt+2]. The fourth-order valence-corrected chi connectivity index (χ4v) is 10.4. The van der Waals surface area contributed by atoms with E-state index in [0.29, 0.717) is 18.5 Å². The normalized spacial score (nSPS) is 12.5. The Morgan fingerprint density at radius 1 is 0.543 bits per heavy atom. The third-order valence-corrected chi connectivity index (χ3v) is 13.7. The van der Waals surface area contributed by atoms with Crippen molar-refractivity contribution in [3.8, 4) is 39.2 Å². The van der Waals surface area contributed by atoms with Crippen molar-refractivity contribution in [1.29, 1.82) is 0 Å². The van der Waals surface area contributed by atoms with Gasteiger partial charge in [0.2, 0.25) is 0 Å². The molecule has 3 heterocycles. The minimum atomic E-state index is -0.0839. The van der Waals surface area contributed by atoms with Gasteiger partial charge < -0.3 is 19.3 Å². The molecule has 0 spiro atoms. The zero-order valence-electron chi connectivity index (χ0n) is 40.9. The Morgan fingerprint density at radius 2 is 1.13 bits per heavy atom. The Balaban J connectivity index is 0.00000567. The quantitative estimate of drug-likeness (QED) is 0.128. The van der Waals surface area contributed by atoms with E-state index in [0.717, 1.165) is 72.6 Å². The average molecular weight is 1090 g/mol. The minimum Gasteiger partial charge on any atom is -0.357 e. The summed E-state index contributed by atoms with van der Waals surface area (Å²) < 4.78 is 2.31. The first-order chi connectivity index (χ1) is 33.5. The molecule has 348 valence electrons. The van der Waals surface area contributed by atoms with Gasteiger partial charge in [0, 0.05) is 28.4 Å². The molecule has 1 aliphatic heterocycles. The number of anilines is 6. The Bertz CT molecular complexity index is 3410. The summed E-state index contributed by atoms with van der Waals surface area (Å²) in [4.78, 5) is 12.4. The molecule has 10 aromatic rings. The molecule has 6 heteroatoms. The fourth-order valence-electron chi connectivity index (χ4n) is 10.4. The van der Waals surface area contributed by atoms with E-state index >= 15 is 0 Å². The molecule has 0 bridgehead atoms. The molecule has 8 aromatic carbocycles. The molecule has 0 aliphatic carbocycles. The summed E-state index contributed by atoms with van der Waals surface area (Å²) in [5.41, 5.74) is 17.8. The molecule has 0 saturated carbocycles. The van der Waals surface area contributed by atoms with Gasteiger partial charge in [0.1, 0.15) is 5.82 Å². The Labute approximate surface area is 428 Å². The predicted molar refractivity (Wildman–Crippen MR) is 291 cm³/mol. The first-order valence-corrected chi connectivity index (χ1v) is 24.3. The van der Waals surface area contributed by atoms with Crippen LogP contribution in [-0.2, 0) is 21.1 Å². The maximum absolute atomic E-state index is 5.17. The molecule has 11 rings (SSSR count). The summed E-state index contributed by atoms with van der Waals surface area (Å²) in [5, 5.41) is 2.26. The van der Waals surface area contributed by atoms with Crippen LogP contribution in [0.4, 0.5) is 34.1 Å². The van der Waals surface area contributed by atoms with Gasteiger partial charge in [0.25, 0.3) is 0 Å². The second-order valence-electron chi connectivity index (χ2n) is 19.8. The van der Waals surface area contributed by atoms with Gasteiger partial charge in [-0.25, -0.2) is 4.98 Å². The standard InChI is InChI=1S/C64H57N5.Pt/c1-43(2)51-28-19-29-52(44(3)4)62(51)47-37-38-65-61(39-47)69-57-32-15-14-27-55(57)56-36-35-50(41-60(56)69)68(63-53(45-21-10-8-11-22-45)30-20-31-54(63)46-23-12-9-13-24-46)49-26-18-25-48(40-49)66-42-67(64(5,6)7)59-34-17-16-33-58(59)66;/h8-39,43-44H,42H2,1-7H3;/q-2;+2. The van der Waals surface area contributed by atoms with Crippen molar-refractivity contribution in [2.24, 2.45) is 0 Å². The van der Waals surface area contributed by atoms with Crippen molar-refractivity contribution in [1.82, 2.24) is 9.55 Å². The molecule has 5 nitrogen and oxygen atoms in total. The molecule has 0 atom stereocenters. The number of rotatable bonds is 10. The maximum atomic E-state index is 5.17. The molecule has 2 aromatic heterocycles. The Kier molecular flexibility index (Phi) is 12.6. The molecular weight excluding hydrogens is 1030 g/mol. The second kappa shape index (κ2) is 18.9. The molecule has 0 fully saturated rings. The molecule has 1 aliphatic rings. The summed E-state index contributed by atoms with van der Waals surface area (Å²) in [5.74, 6) is 1.57. The first-order valence-electron chi connectivity index (χ1n) is 24.3. The van der Waals surface area contributed by atoms with E-state index in [9.17, 15) is 0 Å². The van der Waals surface area contributed by atoms with Crippen molar-refractivity contribution in [2.75, 3.05) is 21.4 Å². The maximum Gasteiger partial charge on any atom is 2.00 e. The number of fused-ring (bicyclic) bond motifs is 4. The zero-order chi connectivity index (χ0) is 47.4. The van der Waals surface area contributed by atoms with Gasteiger partial charge in [-0.2, -0.15) is 12.1 Å². The van der Waals surface area contributed by atoms with Gasteiger partial charge in [-0.05, 0) is 102 Å². The molecule has 0 radical (unpaired) electrons. The largest absolute Gasteiger partial charge is 2.00 e. The number of hydrogen-bond acceptors (Lipinski definition) is 4. The zero-order valence-corrected chi connectivity index (χ0v) is 43.2. The fraction of sp³-hybridized carbons (Fsp3) is 0.172. The van der Waals surface area contributed by atoms with Gasteiger partial charge in [0.05, 0.1) is 23.7 Å². The summed E-state index contributed by atoms with van der Waals surface area (Å²) in [6.45, 7) is 16.7. The van der Waals surface area contributed by atoms with Crippen LogP contribution in [0.25, 0.3) is 61.0 Å². The van der Waals surface area contributed by atoms with Crippen LogP contribution in [0.15, 0.2) is 194 Å². The minimum absolute atomic E-state index is 0. The van der Waals surface area contributed by atoms with E-state index in [2.05, 4.69) is 268 Å². The third kappa shape index (κ3) is 8.30. The van der Waals surface area contributed by atoms with Crippen LogP contribution in [0.5, 0.6) is 0 Å². The van der Waals surface area contributed by atoms with E-state index in [-0.39, 0.29) is 26.6 Å². The van der Waals surface area contributed by atoms with Crippen LogP contribution < -0.4 is 14.7 Å². The summed E-state index contributed by atoms with van der Waals surface area (Å²) in [6, 6.07) is 76.0. The van der Waals surface area contributed by atoms with Crippen LogP contribution in [0, 0.1) is 12.1 Å². The molecule has 0 amide bonds. The van der Waals surface area contributed by atoms with Gasteiger partial charge in [-0.3, -0.25) is 0 Å². The van der Waals surface area contributed by atoms with Crippen molar-refractivity contribution >= 4 is 55.9 Å². The van der Waals surface area contributed by atoms with Crippen molar-refractivity contribution < 1.29 is 21.1 Å². The average Bonchev–Trinajstić information content (AvgIpc) is 3.94. The predicted octanol–water partition coefficient (Wildman–Crippen LogP) is 17.2. The first kappa shape index (κ1) is 46.5. The molecule has 0 N–H and O–H groups in total. The van der Waals surface area contributed by atoms with Crippen molar-refractivity contribution in [3.05, 3.63) is 218 Å². The molecule has 0 saturated heterocycles. The van der Waals surface area contributed by atoms with E-state index in [1.807, 2.05) is 6.20 Å². The van der Waals surface area contributed by atoms with Gasteiger partial charge in [-0.1, -0.05) is 178 Å². The van der Waals surface area contributed by atoms with Crippen molar-refractivity contribution in [3.63, 3.8) is 0 Å². The molecule has 0 unspecified atom stereocenters. The van der Waals surface area contributed by atoms with Crippen molar-refractivity contribution in [2.45, 2.75) is 65.8 Å². The summed E-state index contributed by atoms with van der Waals surface area (Å²) in [6.07, 6.45) is 1.97. The van der Waals surface area contributed by atoms with E-state index in [1.54, 1.807) is 0 Å². The van der Waals surface area contributed by atoms with Crippen LogP contribution in [0.1, 0.15) is 71.4 Å². The second-order valence-corrected chi connectivity index (χ2v) is 19.8. The number of benzene rings is 8. The monoisotopic (exact) mass is 1090 g/mol. The topological polar surface area (TPSA) is 27.5 Å². The van der Waals surface area contributed by atoms with Gasteiger partial charge in [0.15, 0.2) is 0 Å². The summed E-state index contributed by atoms with van der Waals surface area (Å²) in [7, 11) is 0. The molecule has 70 heavy (non-hydrogen) atoms. The van der Waals surface area contributed by atoms with E-state index in [4.69, 9.17) is 4.98 Å². The van der Waals surface area contributed by atoms with Crippen LogP contribution in [0.2, 0.25) is 0 Å². The number of aromatic nitrogens is 2. The number of pyridine rings is 1. The van der Waals surface area contributed by atoms with Gasteiger partial charge in [-0.15, -0.1) is 35.7 Å². The number of para-hydroxylation sites is 4. The smallest absolute Gasteiger partial charge is 0.357 e. The van der Waals surface area contributed by atoms with E-state index < -0.39 is 0 Å². The Morgan fingerprint density at radius 3 is 1.79 bits per heavy atom. The van der Waals surface area contributed by atoms with Crippen LogP contribution >= 0.6 is 0 Å². The van der Waals surface area contributed by atoms with Crippen LogP contribution in [-0.4, -0.2) is 21.8 Å².